The van der Waals surface area contributed by atoms with Gasteiger partial charge in [-0.15, -0.1) is 6.04 Å². The molecule has 1 saturated carbocycles. The topological polar surface area (TPSA) is 72.0 Å². The molecular weight excluding hydrogens is 445 g/mol. The number of nitrogens with one attached hydrogen (secondary N) is 1. The van der Waals surface area contributed by atoms with Crippen molar-refractivity contribution in [3.05, 3.63) is 53.3 Å². The van der Waals surface area contributed by atoms with E-state index >= 15 is 0 Å². The zero-order valence-electron chi connectivity index (χ0n) is 15.4. The summed E-state index contributed by atoms with van der Waals surface area (Å²) in [4.78, 5) is 0. The molecule has 2 unspecified atom stereocenters. The van der Waals surface area contributed by atoms with Crippen LogP contribution in [-0.4, -0.2) is 20.5 Å². The number of hydrogen-bond donors (Lipinski definition) is 0. The van der Waals surface area contributed by atoms with Crippen molar-refractivity contribution < 1.29 is 25.7 Å². The average Bonchev–Trinajstić information content (AvgIpc) is 2.50. The van der Waals surface area contributed by atoms with Crippen molar-refractivity contribution in [1.29, 1.82) is 0 Å². The summed E-state index contributed by atoms with van der Waals surface area (Å²) in [5.41, 5.74) is 9.93. The van der Waals surface area contributed by atoms with E-state index in [2.05, 4.69) is 35.2 Å². The van der Waals surface area contributed by atoms with Gasteiger partial charge in [-0.3, -0.25) is 0 Å². The second-order valence-corrected chi connectivity index (χ2v) is 8.90. The zero-order valence-corrected chi connectivity index (χ0v) is 18.7. The number of hydrogen-bond acceptors (Lipinski definition) is 2. The summed E-state index contributed by atoms with van der Waals surface area (Å²) in [5, 5.41) is 0. The maximum atomic E-state index is 12.2. The van der Waals surface area contributed by atoms with Crippen LogP contribution < -0.4 is 0 Å². The molecule has 0 saturated heterocycles. The second kappa shape index (κ2) is 11.0. The summed E-state index contributed by atoms with van der Waals surface area (Å²) < 4.78 is 28.5. The molecule has 1 aromatic rings. The van der Waals surface area contributed by atoms with Gasteiger partial charge in [0, 0.05) is 0 Å². The molecule has 1 aromatic carbocycles. The van der Waals surface area contributed by atoms with E-state index in [4.69, 9.17) is 5.73 Å². The summed E-state index contributed by atoms with van der Waals surface area (Å²) in [6.45, 7) is 6.39. The third-order valence-corrected chi connectivity index (χ3v) is 5.48. The third kappa shape index (κ3) is 8.49. The van der Waals surface area contributed by atoms with Crippen molar-refractivity contribution in [2.24, 2.45) is 0 Å². The number of rotatable bonds is 4. The monoisotopic (exact) mass is 474 g/mol. The Kier molecular flexibility index (Phi) is 11.0. The Morgan fingerprint density at radius 1 is 1.16 bits per heavy atom. The van der Waals surface area contributed by atoms with Gasteiger partial charge in [0.15, 0.2) is 0 Å². The maximum absolute atomic E-state index is 12.2. The fourth-order valence-corrected chi connectivity index (χ4v) is 4.15. The molecule has 1 aliphatic rings. The molecule has 2 rings (SSSR count). The molecular formula is C18H29ClN2O2RuS. The summed E-state index contributed by atoms with van der Waals surface area (Å²) in [7, 11) is 1.06. The first-order chi connectivity index (χ1) is 11.2. The van der Waals surface area contributed by atoms with Gasteiger partial charge in [-0.2, -0.15) is 6.04 Å². The van der Waals surface area contributed by atoms with E-state index in [0.29, 0.717) is 0 Å². The number of sulfonamides is 1. The Balaban J connectivity index is 0.00000185. The zero-order chi connectivity index (χ0) is 18.4. The van der Waals surface area contributed by atoms with Crippen LogP contribution in [0.3, 0.4) is 0 Å². The van der Waals surface area contributed by atoms with Gasteiger partial charge in [0.1, 0.15) is 0 Å². The first kappa shape index (κ1) is 25.0. The van der Waals surface area contributed by atoms with Crippen molar-refractivity contribution in [2.45, 2.75) is 69.7 Å². The Labute approximate surface area is 168 Å². The molecule has 0 aliphatic heterocycles. The molecule has 0 heterocycles. The van der Waals surface area contributed by atoms with Crippen LogP contribution in [0, 0.1) is 7.43 Å². The van der Waals surface area contributed by atoms with Crippen molar-refractivity contribution >= 4 is 19.7 Å². The van der Waals surface area contributed by atoms with Crippen molar-refractivity contribution in [2.75, 3.05) is 0 Å². The van der Waals surface area contributed by atoms with Crippen LogP contribution >= 0.6 is 9.69 Å². The van der Waals surface area contributed by atoms with Gasteiger partial charge in [0.2, 0.25) is 0 Å². The molecule has 2 atom stereocenters. The molecule has 4 nitrogen and oxygen atoms in total. The van der Waals surface area contributed by atoms with E-state index in [-0.39, 0.29) is 30.7 Å². The molecule has 1 fully saturated rings. The Bertz CT molecular complexity index is 600. The van der Waals surface area contributed by atoms with Gasteiger partial charge in [0.05, 0.1) is 15.8 Å². The standard InChI is InChI=1S/C17H26N2O2S.CH3.ClH.Ru/c1-17(2,3)14-10-8-13(9-11-14)12-22(20,21)19-16-7-5-4-6-15(16)18;;;/h8-11,15-16,18H,4-7,12H2,1-3H3;1H3;1H;/q-2;-1;;+4/p-1. The van der Waals surface area contributed by atoms with E-state index in [1.54, 1.807) is 0 Å². The van der Waals surface area contributed by atoms with Crippen LogP contribution in [0.25, 0.3) is 10.5 Å². The predicted molar refractivity (Wildman–Crippen MR) is 104 cm³/mol. The van der Waals surface area contributed by atoms with Gasteiger partial charge in [0.25, 0.3) is 0 Å². The van der Waals surface area contributed by atoms with Crippen LogP contribution in [0.1, 0.15) is 57.6 Å². The molecule has 0 amide bonds. The van der Waals surface area contributed by atoms with Gasteiger partial charge in [-0.25, -0.2) is 8.42 Å². The van der Waals surface area contributed by atoms with Crippen molar-refractivity contribution in [3.8, 4) is 0 Å². The van der Waals surface area contributed by atoms with Gasteiger partial charge < -0.3 is 17.9 Å². The van der Waals surface area contributed by atoms with Gasteiger partial charge in [-0.05, 0) is 16.5 Å². The first-order valence-corrected chi connectivity index (χ1v) is 11.9. The van der Waals surface area contributed by atoms with Crippen LogP contribution in [-0.2, 0) is 38.5 Å². The minimum absolute atomic E-state index is 0. The third-order valence-electron chi connectivity index (χ3n) is 4.19. The second-order valence-electron chi connectivity index (χ2n) is 7.24. The van der Waals surface area contributed by atoms with Crippen molar-refractivity contribution in [3.63, 3.8) is 0 Å². The molecule has 0 spiro atoms. The molecule has 7 heteroatoms. The fourth-order valence-electron chi connectivity index (χ4n) is 2.79. The minimum atomic E-state index is -3.51. The molecule has 1 N–H and O–H groups in total. The van der Waals surface area contributed by atoms with E-state index in [9.17, 15) is 8.42 Å². The Hall–Kier alpha value is 0.00338. The van der Waals surface area contributed by atoms with Crippen LogP contribution in [0.4, 0.5) is 0 Å². The van der Waals surface area contributed by atoms with Crippen LogP contribution in [0.15, 0.2) is 24.3 Å². The average molecular weight is 474 g/mol. The molecule has 0 radical (unpaired) electrons. The fraction of sp³-hybridized carbons (Fsp3) is 0.611. The summed E-state index contributed by atoms with van der Waals surface area (Å²) >= 11 is 1.82. The van der Waals surface area contributed by atoms with E-state index in [1.165, 1.54) is 5.56 Å². The van der Waals surface area contributed by atoms with E-state index < -0.39 is 10.0 Å². The predicted octanol–water partition coefficient (Wildman–Crippen LogP) is 5.69. The molecule has 0 aromatic heterocycles. The van der Waals surface area contributed by atoms with Gasteiger partial charge in [-0.1, -0.05) is 70.7 Å². The first-order valence-electron chi connectivity index (χ1n) is 8.06. The quantitative estimate of drug-likeness (QED) is 0.416. The van der Waals surface area contributed by atoms with Crippen LogP contribution in [0.2, 0.25) is 0 Å². The molecule has 0 bridgehead atoms. The van der Waals surface area contributed by atoms with E-state index in [0.717, 1.165) is 31.2 Å². The van der Waals surface area contributed by atoms with Gasteiger partial charge >= 0.3 is 27.0 Å². The molecule has 144 valence electrons. The summed E-state index contributed by atoms with van der Waals surface area (Å²) in [6.07, 6.45) is 3.45. The number of halogens is 1. The normalized spacial score (nSPS) is 20.8. The Morgan fingerprint density at radius 3 is 2.16 bits per heavy atom. The Morgan fingerprint density at radius 2 is 1.68 bits per heavy atom. The molecule has 25 heavy (non-hydrogen) atoms. The number of nitrogens with zero attached hydrogens (tertiary/aromatic N) is 1. The summed E-state index contributed by atoms with van der Waals surface area (Å²) in [5.74, 6) is -0.0688. The van der Waals surface area contributed by atoms with Crippen molar-refractivity contribution in [1.82, 2.24) is 0 Å². The van der Waals surface area contributed by atoms with E-state index in [1.807, 2.05) is 41.6 Å². The summed E-state index contributed by atoms with van der Waals surface area (Å²) in [6, 6.07) is 6.98. The number of benzene rings is 1. The van der Waals surface area contributed by atoms with Crippen LogP contribution in [0.5, 0.6) is 0 Å². The SMILES string of the molecule is CC(C)(C)c1ccc(CS(=O)(=O)[N-]C2CCCCC2[NH-])cc1.[CH3-].[Cl][Ru+3]. The molecule has 1 aliphatic carbocycles.